The van der Waals surface area contributed by atoms with Crippen LogP contribution in [0.1, 0.15) is 44.6 Å². The van der Waals surface area contributed by atoms with E-state index >= 15 is 0 Å². The molecule has 1 aromatic carbocycles. The molecule has 2 N–H and O–H groups in total. The zero-order valence-corrected chi connectivity index (χ0v) is 14.3. The van der Waals surface area contributed by atoms with Crippen molar-refractivity contribution in [1.82, 2.24) is 10.6 Å². The summed E-state index contributed by atoms with van der Waals surface area (Å²) in [6.07, 6.45) is 1.60. The Balaban J connectivity index is 1.79. The molecule has 1 unspecified atom stereocenters. The largest absolute Gasteiger partial charge is 0.467 e. The van der Waals surface area contributed by atoms with Gasteiger partial charge in [-0.1, -0.05) is 45.0 Å². The van der Waals surface area contributed by atoms with Crippen LogP contribution in [0.25, 0.3) is 0 Å². The Morgan fingerprint density at radius 1 is 1.13 bits per heavy atom. The van der Waals surface area contributed by atoms with Crippen molar-refractivity contribution in [1.29, 1.82) is 0 Å². The summed E-state index contributed by atoms with van der Waals surface area (Å²) in [5.74, 6) is 0.719. The van der Waals surface area contributed by atoms with Crippen LogP contribution in [0.3, 0.4) is 0 Å². The van der Waals surface area contributed by atoms with E-state index in [1.165, 1.54) is 11.1 Å². The average molecular weight is 314 g/mol. The molecular formula is C19H26N2O2. The summed E-state index contributed by atoms with van der Waals surface area (Å²) in [6, 6.07) is 11.9. The molecule has 0 spiro atoms. The van der Waals surface area contributed by atoms with Gasteiger partial charge in [0.1, 0.15) is 5.76 Å². The van der Waals surface area contributed by atoms with Crippen LogP contribution in [0, 0.1) is 0 Å². The summed E-state index contributed by atoms with van der Waals surface area (Å²) in [4.78, 5) is 12.0. The molecule has 0 saturated carbocycles. The zero-order chi connectivity index (χ0) is 16.9. The van der Waals surface area contributed by atoms with Crippen LogP contribution in [0.2, 0.25) is 0 Å². The van der Waals surface area contributed by atoms with Gasteiger partial charge in [0, 0.05) is 6.54 Å². The van der Waals surface area contributed by atoms with Crippen LogP contribution in [0.4, 0.5) is 0 Å². The molecule has 2 rings (SSSR count). The summed E-state index contributed by atoms with van der Waals surface area (Å²) < 4.78 is 5.20. The van der Waals surface area contributed by atoms with Crippen LogP contribution in [-0.4, -0.2) is 11.9 Å². The van der Waals surface area contributed by atoms with Crippen LogP contribution < -0.4 is 10.6 Å². The number of nitrogens with one attached hydrogen (secondary N) is 2. The number of benzene rings is 1. The highest BCUT2D eigenvalue weighted by Gasteiger charge is 2.14. The molecule has 0 saturated heterocycles. The van der Waals surface area contributed by atoms with E-state index < -0.39 is 0 Å². The molecule has 4 heteroatoms. The average Bonchev–Trinajstić information content (AvgIpc) is 3.03. The maximum absolute atomic E-state index is 12.0. The van der Waals surface area contributed by atoms with Gasteiger partial charge in [-0.15, -0.1) is 0 Å². The number of amides is 1. The summed E-state index contributed by atoms with van der Waals surface area (Å²) in [6.45, 7) is 9.54. The van der Waals surface area contributed by atoms with Crippen molar-refractivity contribution in [3.63, 3.8) is 0 Å². The topological polar surface area (TPSA) is 54.3 Å². The number of rotatable bonds is 6. The van der Waals surface area contributed by atoms with Crippen molar-refractivity contribution in [2.24, 2.45) is 0 Å². The van der Waals surface area contributed by atoms with Crippen molar-refractivity contribution >= 4 is 5.91 Å². The molecule has 4 nitrogen and oxygen atoms in total. The van der Waals surface area contributed by atoms with Gasteiger partial charge in [0.05, 0.1) is 18.8 Å². The smallest absolute Gasteiger partial charge is 0.237 e. The standard InChI is InChI=1S/C19H26N2O2/c1-14(18(22)21-13-17-6-5-11-23-17)20-12-15-7-9-16(10-8-15)19(2,3)4/h5-11,14,20H,12-13H2,1-4H3,(H,21,22). The minimum Gasteiger partial charge on any atom is -0.467 e. The highest BCUT2D eigenvalue weighted by Crippen LogP contribution is 2.22. The van der Waals surface area contributed by atoms with Crippen LogP contribution in [-0.2, 0) is 23.3 Å². The molecule has 1 heterocycles. The number of carbonyl (C=O) groups excluding carboxylic acids is 1. The summed E-state index contributed by atoms with van der Waals surface area (Å²) >= 11 is 0. The van der Waals surface area contributed by atoms with E-state index in [0.29, 0.717) is 13.1 Å². The lowest BCUT2D eigenvalue weighted by Gasteiger charge is -2.19. The van der Waals surface area contributed by atoms with E-state index in [1.807, 2.05) is 19.1 Å². The minimum absolute atomic E-state index is 0.0345. The molecule has 0 aliphatic rings. The fraction of sp³-hybridized carbons (Fsp3) is 0.421. The lowest BCUT2D eigenvalue weighted by atomic mass is 9.87. The molecule has 0 radical (unpaired) electrons. The van der Waals surface area contributed by atoms with Gasteiger partial charge in [0.15, 0.2) is 0 Å². The Kier molecular flexibility index (Phi) is 5.61. The van der Waals surface area contributed by atoms with Gasteiger partial charge in [-0.2, -0.15) is 0 Å². The van der Waals surface area contributed by atoms with E-state index in [1.54, 1.807) is 6.26 Å². The number of carbonyl (C=O) groups is 1. The Labute approximate surface area is 138 Å². The second-order valence-electron chi connectivity index (χ2n) is 6.85. The molecule has 124 valence electrons. The molecule has 0 fully saturated rings. The summed E-state index contributed by atoms with van der Waals surface area (Å²) in [7, 11) is 0. The highest BCUT2D eigenvalue weighted by atomic mass is 16.3. The first kappa shape index (κ1) is 17.3. The van der Waals surface area contributed by atoms with Crippen molar-refractivity contribution < 1.29 is 9.21 Å². The highest BCUT2D eigenvalue weighted by molar-refractivity contribution is 5.81. The van der Waals surface area contributed by atoms with Crippen LogP contribution in [0.15, 0.2) is 47.1 Å². The molecule has 0 aliphatic carbocycles. The fourth-order valence-electron chi connectivity index (χ4n) is 2.23. The van der Waals surface area contributed by atoms with E-state index in [4.69, 9.17) is 4.42 Å². The van der Waals surface area contributed by atoms with Crippen LogP contribution in [0.5, 0.6) is 0 Å². The SMILES string of the molecule is CC(NCc1ccc(C(C)(C)C)cc1)C(=O)NCc1ccco1. The molecule has 1 amide bonds. The van der Waals surface area contributed by atoms with E-state index in [-0.39, 0.29) is 17.4 Å². The first-order valence-corrected chi connectivity index (χ1v) is 7.99. The second kappa shape index (κ2) is 7.47. The molecule has 0 bridgehead atoms. The normalized spacial score (nSPS) is 12.9. The van der Waals surface area contributed by atoms with E-state index in [0.717, 1.165) is 5.76 Å². The third-order valence-electron chi connectivity index (χ3n) is 3.84. The van der Waals surface area contributed by atoms with E-state index in [2.05, 4.69) is 55.7 Å². The lowest BCUT2D eigenvalue weighted by molar-refractivity contribution is -0.123. The lowest BCUT2D eigenvalue weighted by Crippen LogP contribution is -2.41. The van der Waals surface area contributed by atoms with Crippen LogP contribution >= 0.6 is 0 Å². The number of furan rings is 1. The zero-order valence-electron chi connectivity index (χ0n) is 14.3. The van der Waals surface area contributed by atoms with Crippen molar-refractivity contribution in [2.75, 3.05) is 0 Å². The van der Waals surface area contributed by atoms with Gasteiger partial charge in [-0.05, 0) is 35.6 Å². The van der Waals surface area contributed by atoms with Crippen molar-refractivity contribution in [3.8, 4) is 0 Å². The first-order chi connectivity index (χ1) is 10.9. The van der Waals surface area contributed by atoms with E-state index in [9.17, 15) is 4.79 Å². The molecule has 1 atom stereocenters. The molecule has 2 aromatic rings. The van der Waals surface area contributed by atoms with Gasteiger partial charge in [-0.25, -0.2) is 0 Å². The number of hydrogen-bond acceptors (Lipinski definition) is 3. The maximum Gasteiger partial charge on any atom is 0.237 e. The molecular weight excluding hydrogens is 288 g/mol. The van der Waals surface area contributed by atoms with Gasteiger partial charge in [0.25, 0.3) is 0 Å². The van der Waals surface area contributed by atoms with Gasteiger partial charge < -0.3 is 15.1 Å². The number of hydrogen-bond donors (Lipinski definition) is 2. The Hall–Kier alpha value is -2.07. The third-order valence-corrected chi connectivity index (χ3v) is 3.84. The maximum atomic E-state index is 12.0. The molecule has 0 aliphatic heterocycles. The summed E-state index contributed by atoms with van der Waals surface area (Å²) in [5, 5.41) is 6.10. The van der Waals surface area contributed by atoms with Gasteiger partial charge in [-0.3, -0.25) is 4.79 Å². The second-order valence-corrected chi connectivity index (χ2v) is 6.85. The first-order valence-electron chi connectivity index (χ1n) is 7.99. The van der Waals surface area contributed by atoms with Gasteiger partial charge >= 0.3 is 0 Å². The third kappa shape index (κ3) is 5.25. The predicted octanol–water partition coefficient (Wildman–Crippen LogP) is 3.37. The Bertz CT molecular complexity index is 610. The molecule has 1 aromatic heterocycles. The predicted molar refractivity (Wildman–Crippen MR) is 92.0 cm³/mol. The molecule has 23 heavy (non-hydrogen) atoms. The summed E-state index contributed by atoms with van der Waals surface area (Å²) in [5.41, 5.74) is 2.64. The Morgan fingerprint density at radius 3 is 2.39 bits per heavy atom. The quantitative estimate of drug-likeness (QED) is 0.859. The van der Waals surface area contributed by atoms with Gasteiger partial charge in [0.2, 0.25) is 5.91 Å². The van der Waals surface area contributed by atoms with Crippen molar-refractivity contribution in [2.45, 2.75) is 52.2 Å². The Morgan fingerprint density at radius 2 is 1.83 bits per heavy atom. The van der Waals surface area contributed by atoms with Crippen molar-refractivity contribution in [3.05, 3.63) is 59.5 Å². The monoisotopic (exact) mass is 314 g/mol. The fourth-order valence-corrected chi connectivity index (χ4v) is 2.23. The minimum atomic E-state index is -0.257.